The molecule has 3 heterocycles. The third kappa shape index (κ3) is 4.15. The Balaban J connectivity index is 1.33. The number of aromatic nitrogens is 4. The van der Waals surface area contributed by atoms with Gasteiger partial charge in [-0.15, -0.1) is 5.10 Å². The van der Waals surface area contributed by atoms with E-state index in [2.05, 4.69) is 20.4 Å². The molecule has 0 unspecified atom stereocenters. The van der Waals surface area contributed by atoms with E-state index in [9.17, 15) is 4.79 Å². The Kier molecular flexibility index (Phi) is 5.82. The number of nitrogens with zero attached hydrogens (tertiary/aromatic N) is 5. The first-order chi connectivity index (χ1) is 13.7. The molecule has 150 valence electrons. The number of hydrogen-bond acceptors (Lipinski definition) is 8. The van der Waals surface area contributed by atoms with Crippen molar-refractivity contribution < 1.29 is 19.0 Å². The molecule has 0 bridgehead atoms. The second-order valence-electron chi connectivity index (χ2n) is 7.08. The summed E-state index contributed by atoms with van der Waals surface area (Å²) in [5, 5.41) is 11.9. The van der Waals surface area contributed by atoms with Gasteiger partial charge >= 0.3 is 0 Å². The largest absolute Gasteiger partial charge is 0.486 e. The number of likely N-dealkylation sites (tertiary alicyclic amines) is 1. The zero-order valence-corrected chi connectivity index (χ0v) is 16.0. The molecule has 1 fully saturated rings. The van der Waals surface area contributed by atoms with Crippen molar-refractivity contribution in [3.8, 4) is 11.5 Å². The van der Waals surface area contributed by atoms with Crippen molar-refractivity contribution in [2.45, 2.75) is 25.9 Å². The number of tetrazole rings is 1. The fourth-order valence-electron chi connectivity index (χ4n) is 3.67. The highest BCUT2D eigenvalue weighted by molar-refractivity contribution is 5.98. The van der Waals surface area contributed by atoms with Crippen molar-refractivity contribution in [1.29, 1.82) is 0 Å². The van der Waals surface area contributed by atoms with Gasteiger partial charge in [0.2, 0.25) is 0 Å². The van der Waals surface area contributed by atoms with Gasteiger partial charge in [0, 0.05) is 18.6 Å². The van der Waals surface area contributed by atoms with Crippen LogP contribution in [0.4, 0.5) is 0 Å². The number of ether oxygens (including phenoxy) is 3. The summed E-state index contributed by atoms with van der Waals surface area (Å²) < 4.78 is 18.0. The van der Waals surface area contributed by atoms with E-state index in [-0.39, 0.29) is 11.7 Å². The standard InChI is InChI=1S/C19H25N5O4/c1-26-9-8-24-18(20-21-22-24)13-23-6-4-14(5-7-23)19(25)15-2-3-16-17(12-15)28-11-10-27-16/h2-3,12,14H,4-11,13H2,1H3. The van der Waals surface area contributed by atoms with Gasteiger partial charge in [-0.1, -0.05) is 0 Å². The first-order valence-corrected chi connectivity index (χ1v) is 9.65. The van der Waals surface area contributed by atoms with Crippen LogP contribution >= 0.6 is 0 Å². The number of ketones is 1. The zero-order chi connectivity index (χ0) is 19.3. The summed E-state index contributed by atoms with van der Waals surface area (Å²) >= 11 is 0. The molecular weight excluding hydrogens is 362 g/mol. The van der Waals surface area contributed by atoms with Gasteiger partial charge in [-0.2, -0.15) is 0 Å². The van der Waals surface area contributed by atoms with Crippen LogP contribution in [0.15, 0.2) is 18.2 Å². The summed E-state index contributed by atoms with van der Waals surface area (Å²) in [5.41, 5.74) is 0.700. The van der Waals surface area contributed by atoms with E-state index < -0.39 is 0 Å². The van der Waals surface area contributed by atoms with Crippen molar-refractivity contribution in [2.24, 2.45) is 5.92 Å². The molecule has 2 aliphatic heterocycles. The van der Waals surface area contributed by atoms with Gasteiger partial charge < -0.3 is 14.2 Å². The van der Waals surface area contributed by atoms with E-state index in [0.29, 0.717) is 50.0 Å². The number of carbonyl (C=O) groups excluding carboxylic acids is 1. The Morgan fingerprint density at radius 3 is 2.79 bits per heavy atom. The topological polar surface area (TPSA) is 91.6 Å². The maximum atomic E-state index is 12.9. The maximum absolute atomic E-state index is 12.9. The molecule has 0 atom stereocenters. The number of rotatable bonds is 7. The van der Waals surface area contributed by atoms with Crippen LogP contribution in [-0.2, 0) is 17.8 Å². The van der Waals surface area contributed by atoms with Crippen LogP contribution in [0.25, 0.3) is 0 Å². The molecule has 2 aromatic rings. The summed E-state index contributed by atoms with van der Waals surface area (Å²) in [7, 11) is 1.66. The minimum absolute atomic E-state index is 0.0308. The molecule has 1 saturated heterocycles. The zero-order valence-electron chi connectivity index (χ0n) is 16.0. The number of Topliss-reactive ketones (excluding diaryl/α,β-unsaturated/α-hetero) is 1. The van der Waals surface area contributed by atoms with Crippen LogP contribution in [0.3, 0.4) is 0 Å². The average Bonchev–Trinajstić information content (AvgIpc) is 3.18. The Labute approximate surface area is 163 Å². The third-order valence-corrected chi connectivity index (χ3v) is 5.26. The number of hydrogen-bond donors (Lipinski definition) is 0. The fourth-order valence-corrected chi connectivity index (χ4v) is 3.67. The van der Waals surface area contributed by atoms with E-state index in [1.54, 1.807) is 11.8 Å². The molecule has 1 aromatic heterocycles. The molecular formula is C19H25N5O4. The SMILES string of the molecule is COCCn1nnnc1CN1CCC(C(=O)c2ccc3c(c2)OCCO3)CC1. The van der Waals surface area contributed by atoms with Crippen molar-refractivity contribution in [1.82, 2.24) is 25.1 Å². The highest BCUT2D eigenvalue weighted by Gasteiger charge is 2.27. The monoisotopic (exact) mass is 387 g/mol. The van der Waals surface area contributed by atoms with Crippen LogP contribution in [0, 0.1) is 5.92 Å². The molecule has 0 amide bonds. The smallest absolute Gasteiger partial charge is 0.166 e. The lowest BCUT2D eigenvalue weighted by atomic mass is 9.88. The molecule has 0 aliphatic carbocycles. The minimum atomic E-state index is 0.0308. The number of piperidine rings is 1. The quantitative estimate of drug-likeness (QED) is 0.654. The lowest BCUT2D eigenvalue weighted by Gasteiger charge is -2.31. The lowest BCUT2D eigenvalue weighted by molar-refractivity contribution is 0.0829. The molecule has 0 radical (unpaired) electrons. The Hall–Kier alpha value is -2.52. The summed E-state index contributed by atoms with van der Waals surface area (Å²) in [6, 6.07) is 5.48. The van der Waals surface area contributed by atoms with E-state index in [1.165, 1.54) is 0 Å². The van der Waals surface area contributed by atoms with Crippen LogP contribution in [0.5, 0.6) is 11.5 Å². The summed E-state index contributed by atoms with van der Waals surface area (Å²) in [4.78, 5) is 15.2. The minimum Gasteiger partial charge on any atom is -0.486 e. The number of fused-ring (bicyclic) bond motifs is 1. The highest BCUT2D eigenvalue weighted by Crippen LogP contribution is 2.32. The predicted molar refractivity (Wildman–Crippen MR) is 99.5 cm³/mol. The van der Waals surface area contributed by atoms with Gasteiger partial charge in [0.25, 0.3) is 0 Å². The Morgan fingerprint density at radius 1 is 1.21 bits per heavy atom. The predicted octanol–water partition coefficient (Wildman–Crippen LogP) is 1.19. The molecule has 0 saturated carbocycles. The molecule has 4 rings (SSSR count). The second kappa shape index (κ2) is 8.66. The molecule has 1 aromatic carbocycles. The Morgan fingerprint density at radius 2 is 2.00 bits per heavy atom. The summed E-state index contributed by atoms with van der Waals surface area (Å²) in [5.74, 6) is 2.42. The van der Waals surface area contributed by atoms with Gasteiger partial charge in [-0.25, -0.2) is 4.68 Å². The molecule has 0 N–H and O–H groups in total. The fraction of sp³-hybridized carbons (Fsp3) is 0.579. The van der Waals surface area contributed by atoms with E-state index >= 15 is 0 Å². The third-order valence-electron chi connectivity index (χ3n) is 5.26. The van der Waals surface area contributed by atoms with E-state index in [4.69, 9.17) is 14.2 Å². The van der Waals surface area contributed by atoms with E-state index in [1.807, 2.05) is 18.2 Å². The first kappa shape index (κ1) is 18.8. The van der Waals surface area contributed by atoms with Gasteiger partial charge in [0.05, 0.1) is 19.7 Å². The van der Waals surface area contributed by atoms with Gasteiger partial charge in [0.1, 0.15) is 13.2 Å². The van der Waals surface area contributed by atoms with Crippen LogP contribution < -0.4 is 9.47 Å². The molecule has 9 heteroatoms. The molecule has 2 aliphatic rings. The van der Waals surface area contributed by atoms with Crippen LogP contribution in [0.1, 0.15) is 29.0 Å². The molecule has 9 nitrogen and oxygen atoms in total. The van der Waals surface area contributed by atoms with Crippen LogP contribution in [0.2, 0.25) is 0 Å². The van der Waals surface area contributed by atoms with Gasteiger partial charge in [-0.3, -0.25) is 9.69 Å². The average molecular weight is 387 g/mol. The van der Waals surface area contributed by atoms with Crippen LogP contribution in [-0.4, -0.2) is 70.9 Å². The van der Waals surface area contributed by atoms with Crippen molar-refractivity contribution in [3.05, 3.63) is 29.6 Å². The second-order valence-corrected chi connectivity index (χ2v) is 7.08. The normalized spacial score (nSPS) is 17.6. The summed E-state index contributed by atoms with van der Waals surface area (Å²) in [6.45, 7) is 4.65. The number of carbonyl (C=O) groups is 1. The van der Waals surface area contributed by atoms with Crippen molar-refractivity contribution in [3.63, 3.8) is 0 Å². The maximum Gasteiger partial charge on any atom is 0.166 e. The van der Waals surface area contributed by atoms with E-state index in [0.717, 1.165) is 31.8 Å². The molecule has 28 heavy (non-hydrogen) atoms. The Bertz CT molecular complexity index is 816. The van der Waals surface area contributed by atoms with Crippen molar-refractivity contribution in [2.75, 3.05) is 40.0 Å². The van der Waals surface area contributed by atoms with Gasteiger partial charge in [0.15, 0.2) is 23.1 Å². The first-order valence-electron chi connectivity index (χ1n) is 9.65. The van der Waals surface area contributed by atoms with Gasteiger partial charge in [-0.05, 0) is 54.6 Å². The molecule has 0 spiro atoms. The number of benzene rings is 1. The van der Waals surface area contributed by atoms with Crippen molar-refractivity contribution >= 4 is 5.78 Å². The summed E-state index contributed by atoms with van der Waals surface area (Å²) in [6.07, 6.45) is 1.65. The highest BCUT2D eigenvalue weighted by atomic mass is 16.6. The lowest BCUT2D eigenvalue weighted by Crippen LogP contribution is -2.36. The number of methoxy groups -OCH3 is 1.